The molecule has 0 radical (unpaired) electrons. The summed E-state index contributed by atoms with van der Waals surface area (Å²) in [5, 5.41) is 9.90. The first kappa shape index (κ1) is 10.3. The van der Waals surface area contributed by atoms with Gasteiger partial charge in [0, 0.05) is 9.60 Å². The Balaban J connectivity index is 2.76. The first-order valence-corrected chi connectivity index (χ1v) is 6.33. The quantitative estimate of drug-likeness (QED) is 0.623. The van der Waals surface area contributed by atoms with Crippen molar-refractivity contribution in [1.29, 1.82) is 5.26 Å². The van der Waals surface area contributed by atoms with E-state index in [2.05, 4.69) is 53.4 Å². The Morgan fingerprint density at radius 3 is 3.00 bits per heavy atom. The number of nitriles is 1. The highest BCUT2D eigenvalue weighted by Gasteiger charge is 2.07. The van der Waals surface area contributed by atoms with Crippen LogP contribution in [0.15, 0.2) is 23.1 Å². The van der Waals surface area contributed by atoms with Gasteiger partial charge in [-0.05, 0) is 51.7 Å². The molecule has 1 aromatic carbocycles. The number of thiol groups is 1. The summed E-state index contributed by atoms with van der Waals surface area (Å²) in [4.78, 5) is 0.910. The maximum Gasteiger partial charge on any atom is 0.0670 e. The number of thiophene rings is 1. The third kappa shape index (κ3) is 1.76. The molecular formula is C10H6INS2. The fourth-order valence-electron chi connectivity index (χ4n) is 1.39. The minimum Gasteiger partial charge on any atom is -0.198 e. The second-order valence-electron chi connectivity index (χ2n) is 2.86. The molecule has 0 aliphatic carbocycles. The van der Waals surface area contributed by atoms with Gasteiger partial charge in [-0.1, -0.05) is 0 Å². The van der Waals surface area contributed by atoms with Gasteiger partial charge in [0.15, 0.2) is 0 Å². The topological polar surface area (TPSA) is 23.8 Å². The highest BCUT2D eigenvalue weighted by Crippen LogP contribution is 2.32. The molecular weight excluding hydrogens is 325 g/mol. The molecule has 1 heterocycles. The van der Waals surface area contributed by atoms with Crippen LogP contribution in [0.25, 0.3) is 10.1 Å². The van der Waals surface area contributed by atoms with Crippen LogP contribution in [0, 0.1) is 14.2 Å². The van der Waals surface area contributed by atoms with Crippen molar-refractivity contribution in [1.82, 2.24) is 0 Å². The molecule has 2 aromatic rings. The Morgan fingerprint density at radius 1 is 1.50 bits per heavy atom. The van der Waals surface area contributed by atoms with Crippen LogP contribution in [0.4, 0.5) is 0 Å². The Labute approximate surface area is 105 Å². The van der Waals surface area contributed by atoms with Gasteiger partial charge in [-0.25, -0.2) is 0 Å². The van der Waals surface area contributed by atoms with E-state index in [4.69, 9.17) is 5.26 Å². The third-order valence-electron chi connectivity index (χ3n) is 2.01. The van der Waals surface area contributed by atoms with Gasteiger partial charge in [-0.3, -0.25) is 0 Å². The SMILES string of the molecule is N#CCc1c(S)ccc2sc(I)cc12. The lowest BCUT2D eigenvalue weighted by Gasteiger charge is -2.01. The van der Waals surface area contributed by atoms with Crippen molar-refractivity contribution < 1.29 is 0 Å². The number of fused-ring (bicyclic) bond motifs is 1. The summed E-state index contributed by atoms with van der Waals surface area (Å²) in [6.45, 7) is 0. The van der Waals surface area contributed by atoms with Crippen molar-refractivity contribution in [3.05, 3.63) is 26.6 Å². The monoisotopic (exact) mass is 331 g/mol. The molecule has 0 aliphatic rings. The molecule has 14 heavy (non-hydrogen) atoms. The molecule has 0 aliphatic heterocycles. The maximum absolute atomic E-state index is 8.73. The summed E-state index contributed by atoms with van der Waals surface area (Å²) >= 11 is 8.41. The van der Waals surface area contributed by atoms with Crippen LogP contribution in [0.3, 0.4) is 0 Å². The number of halogens is 1. The normalized spacial score (nSPS) is 10.4. The van der Waals surface area contributed by atoms with Crippen LogP contribution >= 0.6 is 46.6 Å². The Morgan fingerprint density at radius 2 is 2.29 bits per heavy atom. The van der Waals surface area contributed by atoms with Crippen LogP contribution in [0.1, 0.15) is 5.56 Å². The van der Waals surface area contributed by atoms with Gasteiger partial charge in [0.05, 0.1) is 15.4 Å². The van der Waals surface area contributed by atoms with Crippen LogP contribution < -0.4 is 0 Å². The van der Waals surface area contributed by atoms with E-state index in [1.54, 1.807) is 11.3 Å². The lowest BCUT2D eigenvalue weighted by atomic mass is 10.1. The molecule has 0 amide bonds. The van der Waals surface area contributed by atoms with E-state index < -0.39 is 0 Å². The lowest BCUT2D eigenvalue weighted by Crippen LogP contribution is -1.84. The number of hydrogen-bond acceptors (Lipinski definition) is 3. The molecule has 0 spiro atoms. The average Bonchev–Trinajstić information content (AvgIpc) is 2.51. The highest BCUT2D eigenvalue weighted by atomic mass is 127. The number of benzene rings is 1. The van der Waals surface area contributed by atoms with Crippen molar-refractivity contribution in [2.45, 2.75) is 11.3 Å². The predicted octanol–water partition coefficient (Wildman–Crippen LogP) is 3.86. The predicted molar refractivity (Wildman–Crippen MR) is 71.1 cm³/mol. The zero-order valence-electron chi connectivity index (χ0n) is 7.12. The van der Waals surface area contributed by atoms with Gasteiger partial charge >= 0.3 is 0 Å². The highest BCUT2D eigenvalue weighted by molar-refractivity contribution is 14.1. The molecule has 0 unspecified atom stereocenters. The number of nitrogens with zero attached hydrogens (tertiary/aromatic N) is 1. The molecule has 1 nitrogen and oxygen atoms in total. The van der Waals surface area contributed by atoms with Gasteiger partial charge in [-0.2, -0.15) is 5.26 Å². The van der Waals surface area contributed by atoms with Gasteiger partial charge in [0.2, 0.25) is 0 Å². The van der Waals surface area contributed by atoms with Crippen LogP contribution in [0.5, 0.6) is 0 Å². The number of hydrogen-bond donors (Lipinski definition) is 1. The summed E-state index contributed by atoms with van der Waals surface area (Å²) in [6, 6.07) is 8.32. The first-order chi connectivity index (χ1) is 6.72. The van der Waals surface area contributed by atoms with E-state index in [0.29, 0.717) is 6.42 Å². The zero-order chi connectivity index (χ0) is 10.1. The summed E-state index contributed by atoms with van der Waals surface area (Å²) in [6.07, 6.45) is 0.434. The minimum absolute atomic E-state index is 0.434. The molecule has 2 rings (SSSR count). The van der Waals surface area contributed by atoms with Gasteiger partial charge < -0.3 is 0 Å². The zero-order valence-corrected chi connectivity index (χ0v) is 11.0. The minimum atomic E-state index is 0.434. The van der Waals surface area contributed by atoms with Gasteiger partial charge in [0.25, 0.3) is 0 Å². The van der Waals surface area contributed by atoms with Crippen molar-refractivity contribution in [2.75, 3.05) is 0 Å². The molecule has 1 aromatic heterocycles. The second-order valence-corrected chi connectivity index (χ2v) is 6.32. The fraction of sp³-hybridized carbons (Fsp3) is 0.100. The molecule has 0 saturated carbocycles. The summed E-state index contributed by atoms with van der Waals surface area (Å²) in [5.74, 6) is 0. The molecule has 0 N–H and O–H groups in total. The van der Waals surface area contributed by atoms with E-state index in [1.165, 1.54) is 13.0 Å². The van der Waals surface area contributed by atoms with E-state index in [1.807, 2.05) is 6.07 Å². The summed E-state index contributed by atoms with van der Waals surface area (Å²) < 4.78 is 2.48. The van der Waals surface area contributed by atoms with Crippen LogP contribution in [0.2, 0.25) is 0 Å². The van der Waals surface area contributed by atoms with Gasteiger partial charge in [-0.15, -0.1) is 24.0 Å². The van der Waals surface area contributed by atoms with Crippen molar-refractivity contribution in [2.24, 2.45) is 0 Å². The number of rotatable bonds is 1. The van der Waals surface area contributed by atoms with Crippen LogP contribution in [-0.4, -0.2) is 0 Å². The van der Waals surface area contributed by atoms with Crippen molar-refractivity contribution >= 4 is 56.6 Å². The largest absolute Gasteiger partial charge is 0.198 e. The van der Waals surface area contributed by atoms with E-state index >= 15 is 0 Å². The Hall–Kier alpha value is -0.250. The fourth-order valence-corrected chi connectivity index (χ4v) is 3.50. The molecule has 4 heteroatoms. The van der Waals surface area contributed by atoms with E-state index in [9.17, 15) is 0 Å². The third-order valence-corrected chi connectivity index (χ3v) is 4.29. The molecule has 0 fully saturated rings. The maximum atomic E-state index is 8.73. The summed E-state index contributed by atoms with van der Waals surface area (Å²) in [7, 11) is 0. The first-order valence-electron chi connectivity index (χ1n) is 3.99. The van der Waals surface area contributed by atoms with Crippen molar-refractivity contribution in [3.63, 3.8) is 0 Å². The Kier molecular flexibility index (Phi) is 3.00. The molecule has 70 valence electrons. The lowest BCUT2D eigenvalue weighted by molar-refractivity contribution is 1.22. The molecule has 0 saturated heterocycles. The van der Waals surface area contributed by atoms with E-state index in [-0.39, 0.29) is 0 Å². The second kappa shape index (κ2) is 4.09. The van der Waals surface area contributed by atoms with Crippen LogP contribution in [-0.2, 0) is 6.42 Å². The average molecular weight is 331 g/mol. The van der Waals surface area contributed by atoms with Gasteiger partial charge in [0.1, 0.15) is 0 Å². The molecule has 0 bridgehead atoms. The van der Waals surface area contributed by atoms with E-state index in [0.717, 1.165) is 10.5 Å². The smallest absolute Gasteiger partial charge is 0.0670 e. The molecule has 0 atom stereocenters. The van der Waals surface area contributed by atoms with Crippen molar-refractivity contribution in [3.8, 4) is 6.07 Å². The Bertz CT molecular complexity index is 525. The standard InChI is InChI=1S/C10H6INS2/c11-10-5-7-6(3-4-12)8(13)1-2-9(7)14-10/h1-2,5,13H,3H2. The summed E-state index contributed by atoms with van der Waals surface area (Å²) in [5.41, 5.74) is 1.05.